The quantitative estimate of drug-likeness (QED) is 0.707. The van der Waals surface area contributed by atoms with E-state index in [9.17, 15) is 4.79 Å². The molecule has 0 bridgehead atoms. The molecule has 150 valence electrons. The molecule has 4 rings (SSSR count). The second-order valence-electron chi connectivity index (χ2n) is 6.76. The minimum atomic E-state index is -0.317. The van der Waals surface area contributed by atoms with Crippen molar-refractivity contribution < 1.29 is 9.53 Å². The zero-order chi connectivity index (χ0) is 20.2. The van der Waals surface area contributed by atoms with Gasteiger partial charge in [0.05, 0.1) is 25.2 Å². The maximum atomic E-state index is 12.4. The van der Waals surface area contributed by atoms with Crippen LogP contribution in [0.25, 0.3) is 0 Å². The first-order chi connectivity index (χ1) is 14.1. The lowest BCUT2D eigenvalue weighted by Gasteiger charge is -2.36. The van der Waals surface area contributed by atoms with Crippen LogP contribution in [0.2, 0.25) is 0 Å². The number of carbonyl (C=O) groups is 1. The van der Waals surface area contributed by atoms with Crippen LogP contribution in [0.1, 0.15) is 10.4 Å². The molecule has 9 heteroatoms. The molecule has 1 aliphatic heterocycles. The van der Waals surface area contributed by atoms with E-state index >= 15 is 0 Å². The fraction of sp³-hybridized carbons (Fsp3) is 0.300. The average molecular weight is 393 g/mol. The van der Waals surface area contributed by atoms with E-state index in [1.54, 1.807) is 25.6 Å². The van der Waals surface area contributed by atoms with Gasteiger partial charge in [-0.3, -0.25) is 9.48 Å². The number of amides is 1. The largest absolute Gasteiger partial charge is 0.479 e. The van der Waals surface area contributed by atoms with Crippen molar-refractivity contribution >= 4 is 23.2 Å². The Hall–Kier alpha value is -3.62. The monoisotopic (exact) mass is 393 g/mol. The number of hydrogen-bond donors (Lipinski definition) is 1. The van der Waals surface area contributed by atoms with Crippen molar-refractivity contribution in [1.82, 2.24) is 19.7 Å². The average Bonchev–Trinajstić information content (AvgIpc) is 3.16. The van der Waals surface area contributed by atoms with Crippen molar-refractivity contribution in [2.45, 2.75) is 0 Å². The highest BCUT2D eigenvalue weighted by atomic mass is 16.5. The molecule has 1 amide bonds. The Morgan fingerprint density at radius 2 is 1.69 bits per heavy atom. The predicted molar refractivity (Wildman–Crippen MR) is 111 cm³/mol. The molecule has 1 saturated heterocycles. The van der Waals surface area contributed by atoms with Crippen LogP contribution in [0.15, 0.2) is 48.9 Å². The summed E-state index contributed by atoms with van der Waals surface area (Å²) in [4.78, 5) is 25.8. The smallest absolute Gasteiger partial charge is 0.262 e. The minimum absolute atomic E-state index is 0.277. The minimum Gasteiger partial charge on any atom is -0.479 e. The van der Waals surface area contributed by atoms with E-state index in [4.69, 9.17) is 4.74 Å². The number of para-hydroxylation sites is 1. The van der Waals surface area contributed by atoms with E-state index in [2.05, 4.69) is 54.4 Å². The maximum Gasteiger partial charge on any atom is 0.262 e. The normalized spacial score (nSPS) is 14.0. The third-order valence-electron chi connectivity index (χ3n) is 4.81. The molecular weight excluding hydrogens is 370 g/mol. The molecule has 9 nitrogen and oxygen atoms in total. The van der Waals surface area contributed by atoms with Gasteiger partial charge in [-0.1, -0.05) is 18.2 Å². The van der Waals surface area contributed by atoms with Crippen molar-refractivity contribution in [3.05, 3.63) is 54.5 Å². The summed E-state index contributed by atoms with van der Waals surface area (Å²) in [5, 5.41) is 6.87. The summed E-state index contributed by atoms with van der Waals surface area (Å²) in [5.74, 6) is 0.622. The SMILES string of the molecule is COc1nn(C)cc1C(=O)Nc1cnc(N2CCN(c3ccccc3)CC2)nc1. The summed E-state index contributed by atoms with van der Waals surface area (Å²) < 4.78 is 6.66. The van der Waals surface area contributed by atoms with Crippen LogP contribution in [0, 0.1) is 0 Å². The topological polar surface area (TPSA) is 88.4 Å². The molecule has 0 spiro atoms. The summed E-state index contributed by atoms with van der Waals surface area (Å²) in [6.07, 6.45) is 4.84. The fourth-order valence-corrected chi connectivity index (χ4v) is 3.33. The highest BCUT2D eigenvalue weighted by molar-refractivity contribution is 6.05. The van der Waals surface area contributed by atoms with E-state index in [0.29, 0.717) is 17.2 Å². The van der Waals surface area contributed by atoms with E-state index in [-0.39, 0.29) is 11.8 Å². The van der Waals surface area contributed by atoms with E-state index < -0.39 is 0 Å². The zero-order valence-corrected chi connectivity index (χ0v) is 16.4. The van der Waals surface area contributed by atoms with E-state index in [0.717, 1.165) is 26.2 Å². The highest BCUT2D eigenvalue weighted by Gasteiger charge is 2.20. The summed E-state index contributed by atoms with van der Waals surface area (Å²) >= 11 is 0. The van der Waals surface area contributed by atoms with Gasteiger partial charge in [-0.15, -0.1) is 5.10 Å². The molecule has 1 aromatic carbocycles. The molecule has 1 aliphatic rings. The molecule has 29 heavy (non-hydrogen) atoms. The first kappa shape index (κ1) is 18.7. The van der Waals surface area contributed by atoms with Crippen molar-refractivity contribution in [2.24, 2.45) is 7.05 Å². The lowest BCUT2D eigenvalue weighted by atomic mass is 10.2. The molecule has 1 fully saturated rings. The van der Waals surface area contributed by atoms with Gasteiger partial charge >= 0.3 is 0 Å². The third kappa shape index (κ3) is 4.13. The first-order valence-corrected chi connectivity index (χ1v) is 9.40. The van der Waals surface area contributed by atoms with Gasteiger partial charge in [0, 0.05) is 45.1 Å². The Morgan fingerprint density at radius 3 is 2.34 bits per heavy atom. The molecule has 2 aromatic heterocycles. The number of anilines is 3. The Balaban J connectivity index is 1.36. The molecule has 1 N–H and O–H groups in total. The fourth-order valence-electron chi connectivity index (χ4n) is 3.33. The van der Waals surface area contributed by atoms with E-state index in [1.807, 2.05) is 6.07 Å². The molecule has 3 aromatic rings. The summed E-state index contributed by atoms with van der Waals surface area (Å²) in [6, 6.07) is 10.4. The Labute approximate surface area is 168 Å². The number of aromatic nitrogens is 4. The lowest BCUT2D eigenvalue weighted by molar-refractivity contribution is 0.102. The number of benzene rings is 1. The molecular formula is C20H23N7O2. The zero-order valence-electron chi connectivity index (χ0n) is 16.4. The van der Waals surface area contributed by atoms with Gasteiger partial charge in [0.15, 0.2) is 0 Å². The summed E-state index contributed by atoms with van der Waals surface area (Å²) in [7, 11) is 3.21. The predicted octanol–water partition coefficient (Wildman–Crippen LogP) is 1.80. The van der Waals surface area contributed by atoms with Crippen molar-refractivity contribution in [3.63, 3.8) is 0 Å². The van der Waals surface area contributed by atoms with Crippen LogP contribution in [0.4, 0.5) is 17.3 Å². The number of carbonyl (C=O) groups excluding carboxylic acids is 1. The number of rotatable bonds is 5. The number of aryl methyl sites for hydroxylation is 1. The summed E-state index contributed by atoms with van der Waals surface area (Å²) in [5.41, 5.74) is 2.11. The molecule has 3 heterocycles. The Morgan fingerprint density at radius 1 is 1.03 bits per heavy atom. The molecule has 0 aliphatic carbocycles. The molecule has 0 atom stereocenters. The van der Waals surface area contributed by atoms with Crippen LogP contribution >= 0.6 is 0 Å². The van der Waals surface area contributed by atoms with Gasteiger partial charge in [0.2, 0.25) is 11.8 Å². The number of methoxy groups -OCH3 is 1. The van der Waals surface area contributed by atoms with Gasteiger partial charge in [-0.25, -0.2) is 9.97 Å². The second kappa shape index (κ2) is 8.17. The summed E-state index contributed by atoms with van der Waals surface area (Å²) in [6.45, 7) is 3.50. The standard InChI is InChI=1S/C20H23N7O2/c1-25-14-17(19(24-25)29-2)18(28)23-15-12-21-20(22-13-15)27-10-8-26(9-11-27)16-6-4-3-5-7-16/h3-7,12-14H,8-11H2,1-2H3,(H,23,28). The van der Waals surface area contributed by atoms with Gasteiger partial charge in [0.1, 0.15) is 5.56 Å². The first-order valence-electron chi connectivity index (χ1n) is 9.40. The maximum absolute atomic E-state index is 12.4. The van der Waals surface area contributed by atoms with Gasteiger partial charge in [0.25, 0.3) is 5.91 Å². The number of hydrogen-bond acceptors (Lipinski definition) is 7. The Kier molecular flexibility index (Phi) is 5.28. The third-order valence-corrected chi connectivity index (χ3v) is 4.81. The van der Waals surface area contributed by atoms with Gasteiger partial charge < -0.3 is 19.9 Å². The van der Waals surface area contributed by atoms with Crippen molar-refractivity contribution in [1.29, 1.82) is 0 Å². The number of nitrogens with zero attached hydrogens (tertiary/aromatic N) is 6. The number of ether oxygens (including phenoxy) is 1. The molecule has 0 unspecified atom stereocenters. The number of piperazine rings is 1. The molecule has 0 saturated carbocycles. The van der Waals surface area contributed by atoms with Crippen LogP contribution in [0.3, 0.4) is 0 Å². The number of nitrogens with one attached hydrogen (secondary N) is 1. The van der Waals surface area contributed by atoms with Crippen molar-refractivity contribution in [2.75, 3.05) is 48.4 Å². The van der Waals surface area contributed by atoms with Gasteiger partial charge in [-0.2, -0.15) is 0 Å². The Bertz CT molecular complexity index is 964. The second-order valence-corrected chi connectivity index (χ2v) is 6.76. The lowest BCUT2D eigenvalue weighted by Crippen LogP contribution is -2.47. The van der Waals surface area contributed by atoms with E-state index in [1.165, 1.54) is 17.5 Å². The van der Waals surface area contributed by atoms with Crippen LogP contribution in [-0.2, 0) is 7.05 Å². The van der Waals surface area contributed by atoms with Crippen LogP contribution in [0.5, 0.6) is 5.88 Å². The highest BCUT2D eigenvalue weighted by Crippen LogP contribution is 2.20. The molecule has 0 radical (unpaired) electrons. The van der Waals surface area contributed by atoms with Crippen LogP contribution < -0.4 is 19.9 Å². The van der Waals surface area contributed by atoms with Gasteiger partial charge in [-0.05, 0) is 12.1 Å². The van der Waals surface area contributed by atoms with Crippen LogP contribution in [-0.4, -0.2) is 58.9 Å². The van der Waals surface area contributed by atoms with Crippen molar-refractivity contribution in [3.8, 4) is 5.88 Å².